The molecule has 0 aliphatic heterocycles. The molecule has 0 saturated carbocycles. The van der Waals surface area contributed by atoms with Crippen LogP contribution >= 0.6 is 0 Å². The maximum Gasteiger partial charge on any atom is 0.534 e. The number of allylic oxidation sites excluding steroid dienone is 1. The first-order valence-electron chi connectivity index (χ1n) is 20.6. The zero-order valence-electron chi connectivity index (χ0n) is 36.2. The third-order valence-corrected chi connectivity index (χ3v) is 11.1. The summed E-state index contributed by atoms with van der Waals surface area (Å²) in [5.41, 5.74) is -4.42. The van der Waals surface area contributed by atoms with Crippen LogP contribution in [0.15, 0.2) is 44.8 Å². The van der Waals surface area contributed by atoms with Crippen molar-refractivity contribution in [1.29, 1.82) is 0 Å². The molecule has 2 atom stereocenters. The number of esters is 1. The molecule has 2 N–H and O–H groups in total. The van der Waals surface area contributed by atoms with Gasteiger partial charge >= 0.3 is 34.3 Å². The molecule has 1 heterocycles. The average Bonchev–Trinajstić information content (AvgIpc) is 3.24. The Morgan fingerprint density at radius 2 is 1.44 bits per heavy atom. The van der Waals surface area contributed by atoms with Crippen molar-refractivity contribution >= 4 is 39.6 Å². The van der Waals surface area contributed by atoms with E-state index in [-0.39, 0.29) is 72.6 Å². The molecule has 21 heteroatoms. The van der Waals surface area contributed by atoms with Crippen LogP contribution in [0, 0.1) is 23.5 Å². The molecule has 2 aliphatic rings. The number of halogens is 5. The van der Waals surface area contributed by atoms with Gasteiger partial charge in [0, 0.05) is 29.9 Å². The number of methoxy groups -OCH3 is 2. The molecule has 1 aromatic heterocycles. The molecule has 0 radical (unpaired) electrons. The monoisotopic (exact) mass is 922 g/mol. The Kier molecular flexibility index (Phi) is 21.1. The van der Waals surface area contributed by atoms with Gasteiger partial charge in [-0.3, -0.25) is 0 Å². The second-order valence-electron chi connectivity index (χ2n) is 14.5. The van der Waals surface area contributed by atoms with Gasteiger partial charge in [-0.15, -0.1) is 0 Å². The van der Waals surface area contributed by atoms with Gasteiger partial charge in [-0.05, 0) is 81.5 Å². The van der Waals surface area contributed by atoms with Crippen LogP contribution < -0.4 is 25.3 Å². The van der Waals surface area contributed by atoms with Crippen LogP contribution in [0.3, 0.4) is 0 Å². The fourth-order valence-corrected chi connectivity index (χ4v) is 7.72. The summed E-state index contributed by atoms with van der Waals surface area (Å²) in [6.07, 6.45) is 7.08. The Balaban J connectivity index is 0.000000252. The van der Waals surface area contributed by atoms with Gasteiger partial charge in [0.05, 0.1) is 39.1 Å². The topological polar surface area (TPSA) is 186 Å². The highest BCUT2D eigenvalue weighted by Crippen LogP contribution is 2.37. The lowest BCUT2D eigenvalue weighted by Crippen LogP contribution is -2.32. The van der Waals surface area contributed by atoms with Crippen LogP contribution in [-0.2, 0) is 46.1 Å². The summed E-state index contributed by atoms with van der Waals surface area (Å²) in [4.78, 5) is 23.9. The number of alkyl halides is 3. The minimum absolute atomic E-state index is 0.0243. The van der Waals surface area contributed by atoms with Gasteiger partial charge in [0.25, 0.3) is 0 Å². The lowest BCUT2D eigenvalue weighted by molar-refractivity contribution is -0.136. The fraction of sp³-hybridized carbons (Fsp3) is 0.571. The van der Waals surface area contributed by atoms with Crippen molar-refractivity contribution in [2.45, 2.75) is 97.4 Å². The zero-order valence-corrected chi connectivity index (χ0v) is 37.1. The largest absolute Gasteiger partial charge is 0.534 e. The van der Waals surface area contributed by atoms with Gasteiger partial charge in [-0.1, -0.05) is 45.6 Å². The molecule has 0 spiro atoms. The van der Waals surface area contributed by atoms with E-state index < -0.39 is 51.7 Å². The molecule has 0 bridgehead atoms. The maximum absolute atomic E-state index is 14.4. The molecule has 2 aromatic carbocycles. The van der Waals surface area contributed by atoms with Crippen molar-refractivity contribution in [2.24, 2.45) is 11.8 Å². The zero-order chi connectivity index (χ0) is 46.9. The standard InChI is InChI=1S/C18H21FO3.C12H18BFO6.C12H17F3O5S/c1-3-5-11-6-7-12-13-8-9-15(21-4-2)16(19)17(13)22-18(20)14(12)10-11;1-3-19-10-5-4-9(13(15)16)12(11(10)14)20-8-18-7-6-17-2;1-3-4-8-5-6-10(9(7-8)11(16)19-2)20-21(17,18)12(13,14)15/h8-9,11H,3-7,10H2,1-2H3;4-5,15-16H,3,6-8H2,1-2H3;8H,3-7H2,1-2H3. The lowest BCUT2D eigenvalue weighted by Gasteiger charge is -2.25. The molecular formula is C42H56BF5O14S. The van der Waals surface area contributed by atoms with Gasteiger partial charge in [-0.2, -0.15) is 30.4 Å². The van der Waals surface area contributed by atoms with Crippen molar-refractivity contribution in [1.82, 2.24) is 0 Å². The first-order chi connectivity index (χ1) is 29.9. The van der Waals surface area contributed by atoms with Crippen molar-refractivity contribution in [2.75, 3.05) is 47.4 Å². The average molecular weight is 923 g/mol. The normalized spacial score (nSPS) is 16.2. The first kappa shape index (κ1) is 52.9. The van der Waals surface area contributed by atoms with Gasteiger partial charge < -0.3 is 47.1 Å². The molecular weight excluding hydrogens is 866 g/mol. The van der Waals surface area contributed by atoms with E-state index in [9.17, 15) is 50.0 Å². The van der Waals surface area contributed by atoms with Crippen LogP contribution in [0.4, 0.5) is 22.0 Å². The predicted octanol–water partition coefficient (Wildman–Crippen LogP) is 7.02. The number of carbonyl (C=O) groups excluding carboxylic acids is 1. The van der Waals surface area contributed by atoms with E-state index in [0.29, 0.717) is 30.9 Å². The van der Waals surface area contributed by atoms with Gasteiger partial charge in [0.2, 0.25) is 11.6 Å². The molecule has 352 valence electrons. The summed E-state index contributed by atoms with van der Waals surface area (Å²) in [5.74, 6) is -2.25. The first-order valence-corrected chi connectivity index (χ1v) is 22.0. The van der Waals surface area contributed by atoms with Crippen LogP contribution in [0.25, 0.3) is 11.0 Å². The third-order valence-electron chi connectivity index (χ3n) is 10.1. The molecule has 0 fully saturated rings. The number of aryl methyl sites for hydroxylation is 1. The summed E-state index contributed by atoms with van der Waals surface area (Å²) in [6.45, 7) is 8.67. The van der Waals surface area contributed by atoms with E-state index in [4.69, 9.17) is 28.1 Å². The Bertz CT molecular complexity index is 2160. The number of carbonyl (C=O) groups is 1. The number of hydrogen-bond donors (Lipinski definition) is 2. The molecule has 14 nitrogen and oxygen atoms in total. The minimum Gasteiger partial charge on any atom is -0.491 e. The van der Waals surface area contributed by atoms with Crippen LogP contribution in [0.1, 0.15) is 90.2 Å². The number of hydrogen-bond acceptors (Lipinski definition) is 14. The van der Waals surface area contributed by atoms with Gasteiger partial charge in [0.15, 0.2) is 29.6 Å². The SMILES string of the molecule is CCCC1CCC(OS(=O)(=O)C(F)(F)F)=C(C(=O)OC)C1.CCCC1CCc2c(c(=O)oc3c(F)c(OCC)ccc23)C1.CCOc1ccc(B(O)O)c(OCOCCOC)c1F. The summed E-state index contributed by atoms with van der Waals surface area (Å²) in [6, 6.07) is 6.07. The van der Waals surface area contributed by atoms with Gasteiger partial charge in [-0.25, -0.2) is 9.59 Å². The molecule has 2 aliphatic carbocycles. The highest BCUT2D eigenvalue weighted by atomic mass is 32.2. The van der Waals surface area contributed by atoms with Crippen LogP contribution in [0.5, 0.6) is 17.2 Å². The fourth-order valence-electron chi connectivity index (χ4n) is 7.18. The van der Waals surface area contributed by atoms with Crippen molar-refractivity contribution in [3.8, 4) is 17.2 Å². The molecule has 0 saturated heterocycles. The van der Waals surface area contributed by atoms with Crippen molar-refractivity contribution < 1.29 is 82.2 Å². The van der Waals surface area contributed by atoms with Gasteiger partial charge in [0.1, 0.15) is 5.76 Å². The quantitative estimate of drug-likeness (QED) is 0.0194. The second kappa shape index (κ2) is 25.2. The molecule has 5 rings (SSSR count). The molecule has 2 unspecified atom stereocenters. The summed E-state index contributed by atoms with van der Waals surface area (Å²) in [5, 5.41) is 19.1. The van der Waals surface area contributed by atoms with E-state index in [1.807, 2.05) is 13.0 Å². The summed E-state index contributed by atoms with van der Waals surface area (Å²) >= 11 is 0. The number of benzene rings is 2. The maximum atomic E-state index is 14.4. The van der Waals surface area contributed by atoms with Crippen LogP contribution in [0.2, 0.25) is 0 Å². The Morgan fingerprint density at radius 3 is 2.02 bits per heavy atom. The minimum atomic E-state index is -5.77. The van der Waals surface area contributed by atoms with Crippen LogP contribution in [-0.4, -0.2) is 84.5 Å². The van der Waals surface area contributed by atoms with E-state index in [1.54, 1.807) is 19.9 Å². The number of fused-ring (bicyclic) bond motifs is 3. The lowest BCUT2D eigenvalue weighted by atomic mass is 9.79. The third kappa shape index (κ3) is 14.5. The van der Waals surface area contributed by atoms with E-state index in [2.05, 4.69) is 15.8 Å². The Labute approximate surface area is 363 Å². The smallest absolute Gasteiger partial charge is 0.491 e. The number of rotatable bonds is 18. The second-order valence-corrected chi connectivity index (χ2v) is 16.0. The van der Waals surface area contributed by atoms with E-state index >= 15 is 0 Å². The highest BCUT2D eigenvalue weighted by molar-refractivity contribution is 7.87. The van der Waals surface area contributed by atoms with Crippen molar-refractivity contribution in [3.63, 3.8) is 0 Å². The predicted molar refractivity (Wildman–Crippen MR) is 222 cm³/mol. The molecule has 3 aromatic rings. The Morgan fingerprint density at radius 1 is 0.841 bits per heavy atom. The molecule has 63 heavy (non-hydrogen) atoms. The van der Waals surface area contributed by atoms with E-state index in [0.717, 1.165) is 63.2 Å². The van der Waals surface area contributed by atoms with E-state index in [1.165, 1.54) is 19.2 Å². The summed E-state index contributed by atoms with van der Waals surface area (Å²) < 4.78 is 127. The number of ether oxygens (including phenoxy) is 6. The van der Waals surface area contributed by atoms with Crippen molar-refractivity contribution in [3.05, 3.63) is 68.8 Å². The molecule has 0 amide bonds. The Hall–Kier alpha value is -4.44. The summed E-state index contributed by atoms with van der Waals surface area (Å²) in [7, 11) is -5.02. The highest BCUT2D eigenvalue weighted by Gasteiger charge is 2.49.